The van der Waals surface area contributed by atoms with E-state index >= 15 is 0 Å². The van der Waals surface area contributed by atoms with Crippen LogP contribution in [0.25, 0.3) is 0 Å². The molecule has 1 aromatic carbocycles. The van der Waals surface area contributed by atoms with E-state index in [0.717, 1.165) is 24.1 Å². The second-order valence-corrected chi connectivity index (χ2v) is 6.47. The van der Waals surface area contributed by atoms with Crippen LogP contribution in [-0.2, 0) is 0 Å². The largest absolute Gasteiger partial charge is 0.486 e. The molecule has 4 rings (SSSR count). The zero-order valence-electron chi connectivity index (χ0n) is 12.8. The maximum Gasteiger partial charge on any atom is 0.163 e. The monoisotopic (exact) mass is 288 g/mol. The van der Waals surface area contributed by atoms with Gasteiger partial charge >= 0.3 is 0 Å². The maximum absolute atomic E-state index is 5.73. The average molecular weight is 288 g/mol. The molecule has 2 atom stereocenters. The summed E-state index contributed by atoms with van der Waals surface area (Å²) in [7, 11) is 0. The summed E-state index contributed by atoms with van der Waals surface area (Å²) in [6.45, 7) is 7.25. The molecule has 1 aromatic rings. The molecular formula is C17H24N2O2. The zero-order chi connectivity index (χ0) is 14.2. The van der Waals surface area contributed by atoms with E-state index in [-0.39, 0.29) is 0 Å². The number of piperidine rings is 1. The van der Waals surface area contributed by atoms with Gasteiger partial charge in [-0.15, -0.1) is 0 Å². The summed E-state index contributed by atoms with van der Waals surface area (Å²) in [5.41, 5.74) is 1.27. The summed E-state index contributed by atoms with van der Waals surface area (Å²) in [6.07, 6.45) is 4.09. The molecule has 4 heteroatoms. The van der Waals surface area contributed by atoms with Crippen LogP contribution in [0.5, 0.6) is 11.5 Å². The standard InChI is InChI=1S/C17H24N2O2/c1-13-11-18-7-3-2-4-15(18)12-19(13)14-5-6-16-17(10-14)21-9-8-20-16/h5-6,10,13,15H,2-4,7-9,11-12H2,1H3. The van der Waals surface area contributed by atoms with Gasteiger partial charge in [-0.2, -0.15) is 0 Å². The Morgan fingerprint density at radius 1 is 1.05 bits per heavy atom. The fourth-order valence-electron chi connectivity index (χ4n) is 3.92. The Balaban J connectivity index is 1.57. The van der Waals surface area contributed by atoms with Crippen LogP contribution in [0.3, 0.4) is 0 Å². The van der Waals surface area contributed by atoms with Crippen LogP contribution < -0.4 is 14.4 Å². The minimum Gasteiger partial charge on any atom is -0.486 e. The molecule has 0 bridgehead atoms. The molecule has 21 heavy (non-hydrogen) atoms. The molecule has 4 nitrogen and oxygen atoms in total. The van der Waals surface area contributed by atoms with Gasteiger partial charge in [-0.25, -0.2) is 0 Å². The Labute approximate surface area is 126 Å². The van der Waals surface area contributed by atoms with Gasteiger partial charge in [-0.3, -0.25) is 4.90 Å². The smallest absolute Gasteiger partial charge is 0.163 e. The fourth-order valence-corrected chi connectivity index (χ4v) is 3.92. The van der Waals surface area contributed by atoms with Crippen LogP contribution >= 0.6 is 0 Å². The van der Waals surface area contributed by atoms with Gasteiger partial charge in [0.25, 0.3) is 0 Å². The van der Waals surface area contributed by atoms with Gasteiger partial charge in [-0.05, 0) is 38.4 Å². The lowest BCUT2D eigenvalue weighted by atomic mass is 9.96. The third-order valence-electron chi connectivity index (χ3n) is 5.04. The summed E-state index contributed by atoms with van der Waals surface area (Å²) >= 11 is 0. The molecule has 0 saturated carbocycles. The first kappa shape index (κ1) is 13.3. The van der Waals surface area contributed by atoms with E-state index in [2.05, 4.69) is 34.9 Å². The van der Waals surface area contributed by atoms with Crippen molar-refractivity contribution in [2.24, 2.45) is 0 Å². The van der Waals surface area contributed by atoms with Crippen LogP contribution in [-0.4, -0.2) is 49.8 Å². The van der Waals surface area contributed by atoms with Crippen LogP contribution in [0.1, 0.15) is 26.2 Å². The van der Waals surface area contributed by atoms with Crippen LogP contribution in [0.2, 0.25) is 0 Å². The second kappa shape index (κ2) is 5.41. The quantitative estimate of drug-likeness (QED) is 0.793. The molecule has 2 unspecified atom stereocenters. The number of rotatable bonds is 1. The summed E-state index contributed by atoms with van der Waals surface area (Å²) in [5, 5.41) is 0. The van der Waals surface area contributed by atoms with Gasteiger partial charge in [-0.1, -0.05) is 6.42 Å². The van der Waals surface area contributed by atoms with E-state index in [1.54, 1.807) is 0 Å². The van der Waals surface area contributed by atoms with Gasteiger partial charge in [0, 0.05) is 36.9 Å². The molecule has 0 spiro atoms. The van der Waals surface area contributed by atoms with Crippen molar-refractivity contribution in [3.05, 3.63) is 18.2 Å². The molecule has 3 aliphatic heterocycles. The lowest BCUT2D eigenvalue weighted by Gasteiger charge is -2.48. The molecule has 0 N–H and O–H groups in total. The van der Waals surface area contributed by atoms with Crippen molar-refractivity contribution in [3.63, 3.8) is 0 Å². The van der Waals surface area contributed by atoms with E-state index < -0.39 is 0 Å². The first-order chi connectivity index (χ1) is 10.3. The first-order valence-corrected chi connectivity index (χ1v) is 8.21. The number of benzene rings is 1. The number of piperazine rings is 1. The predicted octanol–water partition coefficient (Wildman–Crippen LogP) is 2.52. The van der Waals surface area contributed by atoms with Gasteiger partial charge in [0.1, 0.15) is 13.2 Å². The van der Waals surface area contributed by atoms with Crippen LogP contribution in [0.4, 0.5) is 5.69 Å². The average Bonchev–Trinajstić information content (AvgIpc) is 2.54. The summed E-state index contributed by atoms with van der Waals surface area (Å²) in [6, 6.07) is 7.68. The number of anilines is 1. The third-order valence-corrected chi connectivity index (χ3v) is 5.04. The Bertz CT molecular complexity index is 520. The minimum atomic E-state index is 0.557. The molecule has 2 saturated heterocycles. The predicted molar refractivity (Wildman–Crippen MR) is 83.5 cm³/mol. The van der Waals surface area contributed by atoms with E-state index in [1.807, 2.05) is 0 Å². The summed E-state index contributed by atoms with van der Waals surface area (Å²) in [5.74, 6) is 1.78. The Kier molecular flexibility index (Phi) is 3.42. The van der Waals surface area contributed by atoms with E-state index in [9.17, 15) is 0 Å². The molecular weight excluding hydrogens is 264 g/mol. The van der Waals surface area contributed by atoms with Crippen molar-refractivity contribution in [1.82, 2.24) is 4.90 Å². The van der Waals surface area contributed by atoms with Crippen molar-refractivity contribution >= 4 is 5.69 Å². The van der Waals surface area contributed by atoms with Crippen molar-refractivity contribution in [1.29, 1.82) is 0 Å². The number of hydrogen-bond donors (Lipinski definition) is 0. The molecule has 3 aliphatic rings. The van der Waals surface area contributed by atoms with Crippen LogP contribution in [0.15, 0.2) is 18.2 Å². The highest BCUT2D eigenvalue weighted by Crippen LogP contribution is 2.36. The molecule has 0 amide bonds. The van der Waals surface area contributed by atoms with E-state index in [0.29, 0.717) is 19.3 Å². The highest BCUT2D eigenvalue weighted by molar-refractivity contribution is 5.57. The molecule has 114 valence electrons. The van der Waals surface area contributed by atoms with Crippen molar-refractivity contribution in [2.75, 3.05) is 37.7 Å². The molecule has 0 radical (unpaired) electrons. The zero-order valence-corrected chi connectivity index (χ0v) is 12.8. The van der Waals surface area contributed by atoms with Gasteiger partial charge in [0.15, 0.2) is 11.5 Å². The summed E-state index contributed by atoms with van der Waals surface area (Å²) in [4.78, 5) is 5.23. The SMILES string of the molecule is CC1CN2CCCCC2CN1c1ccc2c(c1)OCCO2. The lowest BCUT2D eigenvalue weighted by Crippen LogP contribution is -2.58. The van der Waals surface area contributed by atoms with Crippen molar-refractivity contribution in [3.8, 4) is 11.5 Å². The maximum atomic E-state index is 5.73. The number of hydrogen-bond acceptors (Lipinski definition) is 4. The highest BCUT2D eigenvalue weighted by atomic mass is 16.6. The Morgan fingerprint density at radius 2 is 1.90 bits per heavy atom. The van der Waals surface area contributed by atoms with Gasteiger partial charge in [0.05, 0.1) is 0 Å². The topological polar surface area (TPSA) is 24.9 Å². The minimum absolute atomic E-state index is 0.557. The van der Waals surface area contributed by atoms with Gasteiger partial charge < -0.3 is 14.4 Å². The summed E-state index contributed by atoms with van der Waals surface area (Å²) < 4.78 is 11.4. The fraction of sp³-hybridized carbons (Fsp3) is 0.647. The first-order valence-electron chi connectivity index (χ1n) is 8.21. The van der Waals surface area contributed by atoms with E-state index in [4.69, 9.17) is 9.47 Å². The third kappa shape index (κ3) is 2.46. The highest BCUT2D eigenvalue weighted by Gasteiger charge is 2.33. The van der Waals surface area contributed by atoms with Crippen molar-refractivity contribution < 1.29 is 9.47 Å². The molecule has 2 fully saturated rings. The number of fused-ring (bicyclic) bond motifs is 2. The van der Waals surface area contributed by atoms with Crippen LogP contribution in [0, 0.1) is 0 Å². The van der Waals surface area contributed by atoms with Crippen molar-refractivity contribution in [2.45, 2.75) is 38.3 Å². The molecule has 0 aromatic heterocycles. The number of nitrogens with zero attached hydrogens (tertiary/aromatic N) is 2. The second-order valence-electron chi connectivity index (χ2n) is 6.47. The molecule has 3 heterocycles. The molecule has 0 aliphatic carbocycles. The van der Waals surface area contributed by atoms with Gasteiger partial charge in [0.2, 0.25) is 0 Å². The lowest BCUT2D eigenvalue weighted by molar-refractivity contribution is 0.115. The number of ether oxygens (including phenoxy) is 2. The Morgan fingerprint density at radius 3 is 2.81 bits per heavy atom. The Hall–Kier alpha value is -1.42. The normalized spacial score (nSPS) is 29.1. The van der Waals surface area contributed by atoms with E-state index in [1.165, 1.54) is 38.0 Å².